The van der Waals surface area contributed by atoms with Crippen LogP contribution in [-0.4, -0.2) is 26.2 Å². The second kappa shape index (κ2) is 4.13. The molecule has 2 aromatic heterocycles. The number of H-pyrrole nitrogens is 1. The Kier molecular flexibility index (Phi) is 2.45. The SMILES string of the molecule is O=C(O)c1ccc(-c2cc3cccc(O)c3[nH]2)nc1. The summed E-state index contributed by atoms with van der Waals surface area (Å²) in [5.41, 5.74) is 2.14. The molecule has 0 fully saturated rings. The molecule has 0 bridgehead atoms. The van der Waals surface area contributed by atoms with Crippen LogP contribution in [0, 0.1) is 0 Å². The van der Waals surface area contributed by atoms with E-state index in [0.29, 0.717) is 11.2 Å². The minimum atomic E-state index is -1.01. The van der Waals surface area contributed by atoms with Crippen LogP contribution in [0.5, 0.6) is 5.75 Å². The number of nitrogens with one attached hydrogen (secondary N) is 1. The summed E-state index contributed by atoms with van der Waals surface area (Å²) < 4.78 is 0. The van der Waals surface area contributed by atoms with Crippen LogP contribution < -0.4 is 0 Å². The number of carbonyl (C=O) groups is 1. The lowest BCUT2D eigenvalue weighted by atomic mass is 10.2. The maximum atomic E-state index is 10.8. The van der Waals surface area contributed by atoms with E-state index >= 15 is 0 Å². The molecule has 5 nitrogen and oxygen atoms in total. The Bertz CT molecular complexity index is 760. The molecule has 0 atom stereocenters. The average molecular weight is 254 g/mol. The van der Waals surface area contributed by atoms with E-state index < -0.39 is 5.97 Å². The zero-order chi connectivity index (χ0) is 13.4. The van der Waals surface area contributed by atoms with Crippen LogP contribution in [0.2, 0.25) is 0 Å². The van der Waals surface area contributed by atoms with Gasteiger partial charge in [0, 0.05) is 11.6 Å². The van der Waals surface area contributed by atoms with Gasteiger partial charge in [-0.3, -0.25) is 4.98 Å². The summed E-state index contributed by atoms with van der Waals surface area (Å²) in [5, 5.41) is 19.4. The second-order valence-corrected chi connectivity index (χ2v) is 4.16. The smallest absolute Gasteiger partial charge is 0.337 e. The Morgan fingerprint density at radius 3 is 2.68 bits per heavy atom. The topological polar surface area (TPSA) is 86.2 Å². The average Bonchev–Trinajstić information content (AvgIpc) is 2.84. The molecule has 2 heterocycles. The number of phenols is 1. The third-order valence-electron chi connectivity index (χ3n) is 2.92. The van der Waals surface area contributed by atoms with Gasteiger partial charge in [0.15, 0.2) is 0 Å². The predicted molar refractivity (Wildman–Crippen MR) is 70.2 cm³/mol. The molecule has 94 valence electrons. The van der Waals surface area contributed by atoms with Crippen molar-refractivity contribution in [3.05, 3.63) is 48.2 Å². The van der Waals surface area contributed by atoms with E-state index in [1.807, 2.05) is 12.1 Å². The molecule has 0 aliphatic carbocycles. The highest BCUT2D eigenvalue weighted by Gasteiger charge is 2.08. The van der Waals surface area contributed by atoms with Crippen LogP contribution in [0.15, 0.2) is 42.6 Å². The van der Waals surface area contributed by atoms with E-state index in [0.717, 1.165) is 11.1 Å². The Balaban J connectivity index is 2.09. The lowest BCUT2D eigenvalue weighted by molar-refractivity contribution is 0.0696. The number of para-hydroxylation sites is 1. The van der Waals surface area contributed by atoms with E-state index in [1.54, 1.807) is 18.2 Å². The molecule has 0 aliphatic heterocycles. The van der Waals surface area contributed by atoms with Gasteiger partial charge in [0.25, 0.3) is 0 Å². The van der Waals surface area contributed by atoms with Crippen LogP contribution in [0.3, 0.4) is 0 Å². The summed E-state index contributed by atoms with van der Waals surface area (Å²) in [7, 11) is 0. The van der Waals surface area contributed by atoms with Gasteiger partial charge in [-0.1, -0.05) is 12.1 Å². The molecule has 3 N–H and O–H groups in total. The number of fused-ring (bicyclic) bond motifs is 1. The number of aromatic hydroxyl groups is 1. The Labute approximate surface area is 108 Å². The molecule has 5 heteroatoms. The summed E-state index contributed by atoms with van der Waals surface area (Å²) >= 11 is 0. The number of carboxylic acids is 1. The first-order chi connectivity index (χ1) is 9.15. The van der Waals surface area contributed by atoms with Crippen molar-refractivity contribution < 1.29 is 15.0 Å². The quantitative estimate of drug-likeness (QED) is 0.656. The van der Waals surface area contributed by atoms with Crippen molar-refractivity contribution in [1.82, 2.24) is 9.97 Å². The maximum Gasteiger partial charge on any atom is 0.337 e. The highest BCUT2D eigenvalue weighted by Crippen LogP contribution is 2.28. The molecule has 0 spiro atoms. The first kappa shape index (κ1) is 11.3. The van der Waals surface area contributed by atoms with Gasteiger partial charge in [-0.25, -0.2) is 4.79 Å². The second-order valence-electron chi connectivity index (χ2n) is 4.16. The Hall–Kier alpha value is -2.82. The minimum Gasteiger partial charge on any atom is -0.506 e. The number of hydrogen-bond acceptors (Lipinski definition) is 3. The van der Waals surface area contributed by atoms with Gasteiger partial charge in [0.1, 0.15) is 5.75 Å². The minimum absolute atomic E-state index is 0.141. The number of pyridine rings is 1. The summed E-state index contributed by atoms with van der Waals surface area (Å²) in [6.45, 7) is 0. The number of aromatic nitrogens is 2. The van der Waals surface area contributed by atoms with Crippen LogP contribution in [0.25, 0.3) is 22.3 Å². The number of benzene rings is 1. The van der Waals surface area contributed by atoms with Crippen LogP contribution in [0.1, 0.15) is 10.4 Å². The molecule has 3 rings (SSSR count). The highest BCUT2D eigenvalue weighted by molar-refractivity contribution is 5.90. The Morgan fingerprint density at radius 1 is 1.21 bits per heavy atom. The molecule has 19 heavy (non-hydrogen) atoms. The zero-order valence-electron chi connectivity index (χ0n) is 9.79. The molecule has 0 unspecified atom stereocenters. The molecule has 3 aromatic rings. The summed E-state index contributed by atoms with van der Waals surface area (Å²) in [5.74, 6) is -0.834. The van der Waals surface area contributed by atoms with E-state index in [-0.39, 0.29) is 11.3 Å². The molecular formula is C14H10N2O3. The first-order valence-corrected chi connectivity index (χ1v) is 5.65. The lowest BCUT2D eigenvalue weighted by Gasteiger charge is -1.98. The number of aromatic amines is 1. The number of nitrogens with zero attached hydrogens (tertiary/aromatic N) is 1. The molecule has 0 saturated heterocycles. The van der Waals surface area contributed by atoms with Gasteiger partial charge in [0.05, 0.1) is 22.5 Å². The fourth-order valence-electron chi connectivity index (χ4n) is 1.96. The summed E-state index contributed by atoms with van der Waals surface area (Å²) in [6, 6.07) is 10.2. The molecule has 1 aromatic carbocycles. The maximum absolute atomic E-state index is 10.8. The third-order valence-corrected chi connectivity index (χ3v) is 2.92. The zero-order valence-corrected chi connectivity index (χ0v) is 9.79. The summed E-state index contributed by atoms with van der Waals surface area (Å²) in [4.78, 5) is 17.9. The first-order valence-electron chi connectivity index (χ1n) is 5.65. The van der Waals surface area contributed by atoms with Crippen molar-refractivity contribution in [3.63, 3.8) is 0 Å². The molecular weight excluding hydrogens is 244 g/mol. The Morgan fingerprint density at radius 2 is 2.05 bits per heavy atom. The van der Waals surface area contributed by atoms with Gasteiger partial charge in [0.2, 0.25) is 0 Å². The van der Waals surface area contributed by atoms with Gasteiger partial charge >= 0.3 is 5.97 Å². The number of hydrogen-bond donors (Lipinski definition) is 3. The number of phenolic OH excluding ortho intramolecular Hbond substituents is 1. The van der Waals surface area contributed by atoms with Crippen LogP contribution in [-0.2, 0) is 0 Å². The molecule has 0 saturated carbocycles. The fraction of sp³-hybridized carbons (Fsp3) is 0. The van der Waals surface area contributed by atoms with Crippen molar-refractivity contribution in [2.75, 3.05) is 0 Å². The van der Waals surface area contributed by atoms with E-state index in [2.05, 4.69) is 9.97 Å². The van der Waals surface area contributed by atoms with Crippen molar-refractivity contribution in [1.29, 1.82) is 0 Å². The molecule has 0 aliphatic rings. The van der Waals surface area contributed by atoms with Crippen LogP contribution in [0.4, 0.5) is 0 Å². The van der Waals surface area contributed by atoms with Gasteiger partial charge in [-0.15, -0.1) is 0 Å². The van der Waals surface area contributed by atoms with E-state index in [4.69, 9.17) is 5.11 Å². The summed E-state index contributed by atoms with van der Waals surface area (Å²) in [6.07, 6.45) is 1.31. The normalized spacial score (nSPS) is 10.7. The number of carboxylic acid groups (broad SMARTS) is 1. The molecule has 0 amide bonds. The third kappa shape index (κ3) is 1.91. The lowest BCUT2D eigenvalue weighted by Crippen LogP contribution is -1.97. The van der Waals surface area contributed by atoms with Gasteiger partial charge in [-0.2, -0.15) is 0 Å². The van der Waals surface area contributed by atoms with Crippen LogP contribution >= 0.6 is 0 Å². The number of rotatable bonds is 2. The van der Waals surface area contributed by atoms with Crippen molar-refractivity contribution in [3.8, 4) is 17.1 Å². The monoisotopic (exact) mass is 254 g/mol. The predicted octanol–water partition coefficient (Wildman–Crippen LogP) is 2.63. The highest BCUT2D eigenvalue weighted by atomic mass is 16.4. The van der Waals surface area contributed by atoms with Gasteiger partial charge < -0.3 is 15.2 Å². The molecule has 0 radical (unpaired) electrons. The van der Waals surface area contributed by atoms with Crippen molar-refractivity contribution >= 4 is 16.9 Å². The van der Waals surface area contributed by atoms with E-state index in [1.165, 1.54) is 12.3 Å². The van der Waals surface area contributed by atoms with Gasteiger partial charge in [-0.05, 0) is 24.3 Å². The van der Waals surface area contributed by atoms with E-state index in [9.17, 15) is 9.90 Å². The number of aromatic carboxylic acids is 1. The fourth-order valence-corrected chi connectivity index (χ4v) is 1.96. The van der Waals surface area contributed by atoms with Crippen molar-refractivity contribution in [2.45, 2.75) is 0 Å². The standard InChI is InChI=1S/C14H10N2O3/c17-12-3-1-2-8-6-11(16-13(8)12)10-5-4-9(7-15-10)14(18)19/h1-7,16-17H,(H,18,19). The largest absolute Gasteiger partial charge is 0.506 e. The van der Waals surface area contributed by atoms with Crippen molar-refractivity contribution in [2.24, 2.45) is 0 Å².